The van der Waals surface area contributed by atoms with Gasteiger partial charge in [0.05, 0.1) is 12.8 Å². The summed E-state index contributed by atoms with van der Waals surface area (Å²) in [6.45, 7) is 4.23. The smallest absolute Gasteiger partial charge is 0.280 e. The summed E-state index contributed by atoms with van der Waals surface area (Å²) in [5.41, 5.74) is 0.0803. The first-order chi connectivity index (χ1) is 13.0. The number of amides is 2. The molecule has 0 aromatic heterocycles. The predicted molar refractivity (Wildman–Crippen MR) is 103 cm³/mol. The average Bonchev–Trinajstić information content (AvgIpc) is 2.69. The van der Waals surface area contributed by atoms with Crippen LogP contribution in [0.3, 0.4) is 0 Å². The number of rotatable bonds is 6. The highest BCUT2D eigenvalue weighted by Gasteiger charge is 2.50. The second-order valence-corrected chi connectivity index (χ2v) is 6.47. The van der Waals surface area contributed by atoms with Crippen molar-refractivity contribution in [1.82, 2.24) is 5.32 Å². The molecule has 1 aliphatic heterocycles. The predicted octanol–water partition coefficient (Wildman–Crippen LogP) is 2.56. The Morgan fingerprint density at radius 2 is 1.89 bits per heavy atom. The lowest BCUT2D eigenvalue weighted by Crippen LogP contribution is -2.62. The van der Waals surface area contributed by atoms with E-state index in [-0.39, 0.29) is 5.91 Å². The molecule has 0 spiro atoms. The maximum Gasteiger partial charge on any atom is 0.280 e. The van der Waals surface area contributed by atoms with Crippen molar-refractivity contribution >= 4 is 17.5 Å². The van der Waals surface area contributed by atoms with Crippen molar-refractivity contribution < 1.29 is 19.1 Å². The zero-order chi connectivity index (χ0) is 19.4. The van der Waals surface area contributed by atoms with Crippen LogP contribution in [0.1, 0.15) is 19.4 Å². The minimum atomic E-state index is -1.59. The van der Waals surface area contributed by atoms with Crippen molar-refractivity contribution in [3.8, 4) is 11.5 Å². The van der Waals surface area contributed by atoms with E-state index in [4.69, 9.17) is 9.47 Å². The highest BCUT2D eigenvalue weighted by Crippen LogP contribution is 2.37. The molecule has 6 heteroatoms. The van der Waals surface area contributed by atoms with E-state index < -0.39 is 11.5 Å². The van der Waals surface area contributed by atoms with Crippen molar-refractivity contribution in [3.63, 3.8) is 0 Å². The number of ether oxygens (including phenoxy) is 2. The maximum absolute atomic E-state index is 12.9. The van der Waals surface area contributed by atoms with Gasteiger partial charge in [0.15, 0.2) is 0 Å². The molecule has 1 N–H and O–H groups in total. The third kappa shape index (κ3) is 3.47. The van der Waals surface area contributed by atoms with E-state index in [1.165, 1.54) is 6.92 Å². The highest BCUT2D eigenvalue weighted by atomic mass is 16.5. The summed E-state index contributed by atoms with van der Waals surface area (Å²) in [5, 5.41) is 2.83. The Morgan fingerprint density at radius 1 is 1.19 bits per heavy atom. The maximum atomic E-state index is 12.9. The minimum Gasteiger partial charge on any atom is -0.496 e. The van der Waals surface area contributed by atoms with Crippen LogP contribution in [0.15, 0.2) is 48.5 Å². The Kier molecular flexibility index (Phi) is 5.35. The van der Waals surface area contributed by atoms with Gasteiger partial charge in [-0.2, -0.15) is 0 Å². The fourth-order valence-electron chi connectivity index (χ4n) is 3.24. The summed E-state index contributed by atoms with van der Waals surface area (Å²) in [6, 6.07) is 14.9. The van der Waals surface area contributed by atoms with Crippen molar-refractivity contribution in [2.45, 2.75) is 25.9 Å². The summed E-state index contributed by atoms with van der Waals surface area (Å²) < 4.78 is 11.2. The summed E-state index contributed by atoms with van der Waals surface area (Å²) >= 11 is 0. The number of likely N-dealkylation sites (N-methyl/N-ethyl adjacent to an activating group) is 1. The number of hydrogen-bond acceptors (Lipinski definition) is 4. The number of nitrogens with one attached hydrogen (secondary N) is 1. The molecule has 0 saturated heterocycles. The van der Waals surface area contributed by atoms with E-state index in [1.54, 1.807) is 18.1 Å². The zero-order valence-corrected chi connectivity index (χ0v) is 15.8. The Morgan fingerprint density at radius 3 is 2.63 bits per heavy atom. The first kappa shape index (κ1) is 18.8. The van der Waals surface area contributed by atoms with Crippen LogP contribution in [0.5, 0.6) is 11.5 Å². The average molecular weight is 368 g/mol. The lowest BCUT2D eigenvalue weighted by Gasteiger charge is -2.39. The number of benzene rings is 2. The van der Waals surface area contributed by atoms with Gasteiger partial charge in [-0.3, -0.25) is 9.59 Å². The number of carbonyl (C=O) groups is 2. The van der Waals surface area contributed by atoms with Crippen LogP contribution in [0.25, 0.3) is 0 Å². The van der Waals surface area contributed by atoms with Gasteiger partial charge in [0.1, 0.15) is 11.5 Å². The molecule has 0 aliphatic carbocycles. The van der Waals surface area contributed by atoms with Crippen molar-refractivity contribution in [2.24, 2.45) is 0 Å². The van der Waals surface area contributed by atoms with Gasteiger partial charge in [-0.05, 0) is 44.0 Å². The summed E-state index contributed by atoms with van der Waals surface area (Å²) in [6.07, 6.45) is 0.591. The monoisotopic (exact) mass is 368 g/mol. The topological polar surface area (TPSA) is 67.9 Å². The van der Waals surface area contributed by atoms with Gasteiger partial charge >= 0.3 is 0 Å². The number of hydrogen-bond donors (Lipinski definition) is 1. The Bertz CT molecular complexity index is 852. The molecule has 142 valence electrons. The molecular formula is C21H24N2O4. The Hall–Kier alpha value is -3.02. The normalized spacial score (nSPS) is 18.5. The Balaban J connectivity index is 1.73. The third-order valence-electron chi connectivity index (χ3n) is 4.75. The van der Waals surface area contributed by atoms with Crippen molar-refractivity contribution in [1.29, 1.82) is 0 Å². The van der Waals surface area contributed by atoms with Crippen LogP contribution in [-0.2, 0) is 16.0 Å². The van der Waals surface area contributed by atoms with E-state index >= 15 is 0 Å². The fourth-order valence-corrected chi connectivity index (χ4v) is 3.24. The van der Waals surface area contributed by atoms with Crippen LogP contribution < -0.4 is 19.7 Å². The van der Waals surface area contributed by atoms with Gasteiger partial charge < -0.3 is 19.7 Å². The van der Waals surface area contributed by atoms with Gasteiger partial charge in [-0.25, -0.2) is 0 Å². The van der Waals surface area contributed by atoms with Gasteiger partial charge in [0.25, 0.3) is 17.4 Å². The Labute approximate surface area is 159 Å². The first-order valence-corrected chi connectivity index (χ1v) is 9.01. The lowest BCUT2D eigenvalue weighted by atomic mass is 9.99. The molecule has 3 rings (SSSR count). The number of methoxy groups -OCH3 is 1. The molecular weight excluding hydrogens is 344 g/mol. The largest absolute Gasteiger partial charge is 0.496 e. The number of anilines is 1. The van der Waals surface area contributed by atoms with E-state index in [1.807, 2.05) is 49.4 Å². The molecule has 2 amide bonds. The summed E-state index contributed by atoms with van der Waals surface area (Å²) in [4.78, 5) is 27.3. The van der Waals surface area contributed by atoms with Crippen LogP contribution in [0.4, 0.5) is 5.69 Å². The zero-order valence-electron chi connectivity index (χ0n) is 15.8. The van der Waals surface area contributed by atoms with Crippen LogP contribution in [0.2, 0.25) is 0 Å². The highest BCUT2D eigenvalue weighted by molar-refractivity contribution is 6.16. The van der Waals surface area contributed by atoms with Crippen LogP contribution in [0, 0.1) is 0 Å². The van der Waals surface area contributed by atoms with Gasteiger partial charge in [-0.1, -0.05) is 30.3 Å². The number of carbonyl (C=O) groups excluding carboxylic acids is 2. The van der Waals surface area contributed by atoms with Gasteiger partial charge in [0.2, 0.25) is 0 Å². The van der Waals surface area contributed by atoms with Crippen LogP contribution in [-0.4, -0.2) is 37.6 Å². The molecule has 0 bridgehead atoms. The quantitative estimate of drug-likeness (QED) is 0.796. The number of nitrogens with zero attached hydrogens (tertiary/aromatic N) is 1. The molecule has 6 nitrogen and oxygen atoms in total. The molecule has 1 unspecified atom stereocenters. The van der Waals surface area contributed by atoms with Gasteiger partial charge in [-0.15, -0.1) is 0 Å². The van der Waals surface area contributed by atoms with Crippen LogP contribution >= 0.6 is 0 Å². The lowest BCUT2D eigenvalue weighted by molar-refractivity contribution is -0.148. The SMILES string of the molecule is CCN1C(=O)C(C)(C(=O)NCCc2ccccc2OC)Oc2ccccc21. The minimum absolute atomic E-state index is 0.363. The van der Waals surface area contributed by atoms with E-state index in [0.717, 1.165) is 11.3 Å². The van der Waals surface area contributed by atoms with E-state index in [0.29, 0.717) is 30.9 Å². The standard InChI is InChI=1S/C21H24N2O4/c1-4-23-16-10-6-8-12-18(16)27-21(2,20(23)25)19(24)22-14-13-15-9-5-7-11-17(15)26-3/h5-12H,4,13-14H2,1-3H3,(H,22,24). The summed E-state index contributed by atoms with van der Waals surface area (Å²) in [5.74, 6) is 0.490. The molecule has 1 heterocycles. The molecule has 0 fully saturated rings. The second kappa shape index (κ2) is 7.70. The number of para-hydroxylation sites is 3. The molecule has 0 saturated carbocycles. The molecule has 2 aromatic rings. The molecule has 0 radical (unpaired) electrons. The first-order valence-electron chi connectivity index (χ1n) is 9.01. The van der Waals surface area contributed by atoms with E-state index in [9.17, 15) is 9.59 Å². The molecule has 1 atom stereocenters. The summed E-state index contributed by atoms with van der Waals surface area (Å²) in [7, 11) is 1.61. The van der Waals surface area contributed by atoms with Crippen molar-refractivity contribution in [3.05, 3.63) is 54.1 Å². The van der Waals surface area contributed by atoms with Gasteiger partial charge in [0, 0.05) is 13.1 Å². The molecule has 1 aliphatic rings. The molecule has 2 aromatic carbocycles. The fraction of sp³-hybridized carbons (Fsp3) is 0.333. The second-order valence-electron chi connectivity index (χ2n) is 6.47. The van der Waals surface area contributed by atoms with E-state index in [2.05, 4.69) is 5.32 Å². The third-order valence-corrected chi connectivity index (χ3v) is 4.75. The molecule has 27 heavy (non-hydrogen) atoms. The number of fused-ring (bicyclic) bond motifs is 1. The van der Waals surface area contributed by atoms with Crippen molar-refractivity contribution in [2.75, 3.05) is 25.1 Å².